The Kier molecular flexibility index (Phi) is 2.95. The number of fused-ring (bicyclic) bond motifs is 1. The van der Waals surface area contributed by atoms with Gasteiger partial charge in [0.15, 0.2) is 3.95 Å². The smallest absolute Gasteiger partial charge is 0.279 e. The molecule has 0 unspecified atom stereocenters. The minimum Gasteiger partial charge on any atom is -0.492 e. The molecule has 0 saturated carbocycles. The first kappa shape index (κ1) is 12.8. The van der Waals surface area contributed by atoms with Crippen LogP contribution in [-0.4, -0.2) is 15.7 Å². The zero-order chi connectivity index (χ0) is 13.7. The van der Waals surface area contributed by atoms with Gasteiger partial charge >= 0.3 is 0 Å². The van der Waals surface area contributed by atoms with Crippen LogP contribution in [0.2, 0.25) is 0 Å². The molecule has 0 bridgehead atoms. The van der Waals surface area contributed by atoms with Gasteiger partial charge in [0.05, 0.1) is 10.9 Å². The van der Waals surface area contributed by atoms with Gasteiger partial charge in [-0.1, -0.05) is 11.3 Å². The van der Waals surface area contributed by atoms with Gasteiger partial charge in [-0.3, -0.25) is 4.79 Å². The molecule has 1 amide bonds. The molecule has 0 spiro atoms. The van der Waals surface area contributed by atoms with Gasteiger partial charge in [-0.25, -0.2) is 9.67 Å². The van der Waals surface area contributed by atoms with E-state index in [0.717, 1.165) is 19.6 Å². The fourth-order valence-electron chi connectivity index (χ4n) is 1.85. The van der Waals surface area contributed by atoms with E-state index in [2.05, 4.69) is 27.6 Å². The lowest BCUT2D eigenvalue weighted by molar-refractivity contribution is -0.112. The van der Waals surface area contributed by atoms with E-state index in [-0.39, 0.29) is 11.8 Å². The van der Waals surface area contributed by atoms with Crippen LogP contribution in [0.1, 0.15) is 4.88 Å². The molecule has 19 heavy (non-hydrogen) atoms. The summed E-state index contributed by atoms with van der Waals surface area (Å²) in [7, 11) is 0. The number of carbonyl (C=O) groups is 1. The molecule has 0 radical (unpaired) electrons. The molecule has 3 rings (SSSR count). The quantitative estimate of drug-likeness (QED) is 0.417. The molecule has 96 valence electrons. The Balaban J connectivity index is 2.45. The Labute approximate surface area is 129 Å². The average Bonchev–Trinajstić information content (AvgIpc) is 2.80. The van der Waals surface area contributed by atoms with Crippen molar-refractivity contribution in [1.29, 1.82) is 0 Å². The lowest BCUT2D eigenvalue weighted by Crippen LogP contribution is -2.23. The van der Waals surface area contributed by atoms with Crippen LogP contribution in [0.3, 0.4) is 0 Å². The molecule has 2 aromatic rings. The second kappa shape index (κ2) is 4.39. The minimum absolute atomic E-state index is 0.208. The SMILES string of the molecule is Nn1c(O)c(C2=c3cc(I)ccc3=NC2=O)sc1=S. The third-order valence-corrected chi connectivity index (χ3v) is 4.79. The van der Waals surface area contributed by atoms with Crippen molar-refractivity contribution in [2.45, 2.75) is 0 Å². The Morgan fingerprint density at radius 1 is 1.47 bits per heavy atom. The monoisotopic (exact) mass is 403 g/mol. The van der Waals surface area contributed by atoms with Gasteiger partial charge in [-0.05, 0) is 53.0 Å². The van der Waals surface area contributed by atoms with Gasteiger partial charge in [-0.15, -0.1) is 0 Å². The molecule has 5 nitrogen and oxygen atoms in total. The molecule has 1 aliphatic heterocycles. The van der Waals surface area contributed by atoms with Crippen molar-refractivity contribution in [1.82, 2.24) is 4.68 Å². The number of nitrogens with zero attached hydrogens (tertiary/aromatic N) is 2. The zero-order valence-corrected chi connectivity index (χ0v) is 13.0. The number of rotatable bonds is 1. The van der Waals surface area contributed by atoms with Gasteiger partial charge in [0.25, 0.3) is 5.91 Å². The fourth-order valence-corrected chi connectivity index (χ4v) is 3.52. The highest BCUT2D eigenvalue weighted by atomic mass is 127. The zero-order valence-electron chi connectivity index (χ0n) is 9.25. The second-order valence-corrected chi connectivity index (χ2v) is 6.73. The third-order valence-electron chi connectivity index (χ3n) is 2.71. The topological polar surface area (TPSA) is 80.6 Å². The van der Waals surface area contributed by atoms with Crippen LogP contribution in [0.4, 0.5) is 0 Å². The molecule has 2 heterocycles. The summed E-state index contributed by atoms with van der Waals surface area (Å²) in [6.07, 6.45) is 0. The first-order chi connectivity index (χ1) is 8.99. The number of hydrogen-bond donors (Lipinski definition) is 2. The Morgan fingerprint density at radius 3 is 2.84 bits per heavy atom. The van der Waals surface area contributed by atoms with Crippen LogP contribution in [0, 0.1) is 7.52 Å². The Hall–Kier alpha value is -1.26. The Morgan fingerprint density at radius 2 is 2.21 bits per heavy atom. The highest BCUT2D eigenvalue weighted by Crippen LogP contribution is 2.30. The van der Waals surface area contributed by atoms with Crippen LogP contribution in [0.15, 0.2) is 23.2 Å². The summed E-state index contributed by atoms with van der Waals surface area (Å²) >= 11 is 8.25. The number of nitrogen functional groups attached to an aromatic ring is 1. The van der Waals surface area contributed by atoms with Crippen LogP contribution in [-0.2, 0) is 4.79 Å². The maximum atomic E-state index is 12.0. The van der Waals surface area contributed by atoms with E-state index in [1.165, 1.54) is 0 Å². The van der Waals surface area contributed by atoms with Crippen molar-refractivity contribution in [3.63, 3.8) is 0 Å². The normalized spacial score (nSPS) is 13.5. The first-order valence-corrected chi connectivity index (χ1v) is 7.42. The number of hydrogen-bond acceptors (Lipinski definition) is 5. The number of aromatic hydroxyl groups is 1. The number of benzene rings is 1. The number of halogens is 1. The molecular weight excluding hydrogens is 397 g/mol. The fraction of sp³-hybridized carbons (Fsp3) is 0. The lowest BCUT2D eigenvalue weighted by atomic mass is 10.1. The van der Waals surface area contributed by atoms with Crippen molar-refractivity contribution >= 4 is 57.6 Å². The number of thiazole rings is 1. The second-order valence-electron chi connectivity index (χ2n) is 3.84. The highest BCUT2D eigenvalue weighted by molar-refractivity contribution is 14.1. The molecule has 1 aliphatic rings. The molecule has 0 atom stereocenters. The van der Waals surface area contributed by atoms with Gasteiger partial charge < -0.3 is 10.9 Å². The van der Waals surface area contributed by atoms with E-state index < -0.39 is 0 Å². The van der Waals surface area contributed by atoms with E-state index in [9.17, 15) is 9.90 Å². The predicted molar refractivity (Wildman–Crippen MR) is 82.4 cm³/mol. The van der Waals surface area contributed by atoms with Crippen LogP contribution in [0.25, 0.3) is 5.57 Å². The van der Waals surface area contributed by atoms with Crippen LogP contribution in [0.5, 0.6) is 5.88 Å². The van der Waals surface area contributed by atoms with Crippen LogP contribution < -0.4 is 16.4 Å². The number of nitrogens with two attached hydrogens (primary N) is 1. The molecule has 3 N–H and O–H groups in total. The first-order valence-electron chi connectivity index (χ1n) is 5.12. The molecule has 0 saturated heterocycles. The summed E-state index contributed by atoms with van der Waals surface area (Å²) in [5.74, 6) is 4.99. The molecule has 0 aliphatic carbocycles. The van der Waals surface area contributed by atoms with E-state index in [0.29, 0.717) is 25.0 Å². The maximum Gasteiger partial charge on any atom is 0.279 e. The maximum absolute atomic E-state index is 12.0. The molecule has 1 aromatic carbocycles. The number of aromatic nitrogens is 1. The van der Waals surface area contributed by atoms with Crippen LogP contribution >= 0.6 is 46.1 Å². The van der Waals surface area contributed by atoms with E-state index >= 15 is 0 Å². The van der Waals surface area contributed by atoms with E-state index in [1.54, 1.807) is 6.07 Å². The summed E-state index contributed by atoms with van der Waals surface area (Å²) in [6.45, 7) is 0. The van der Waals surface area contributed by atoms with Crippen molar-refractivity contribution in [3.8, 4) is 5.88 Å². The summed E-state index contributed by atoms with van der Waals surface area (Å²) in [5, 5.41) is 11.3. The highest BCUT2D eigenvalue weighted by Gasteiger charge is 2.24. The van der Waals surface area contributed by atoms with Crippen molar-refractivity contribution in [2.24, 2.45) is 4.99 Å². The summed E-state index contributed by atoms with van der Waals surface area (Å²) in [5.41, 5.74) is 0.353. The third kappa shape index (κ3) is 1.90. The largest absolute Gasteiger partial charge is 0.492 e. The van der Waals surface area contributed by atoms with E-state index in [1.807, 2.05) is 12.1 Å². The Bertz CT molecular complexity index is 898. The van der Waals surface area contributed by atoms with Gasteiger partial charge in [0, 0.05) is 8.79 Å². The van der Waals surface area contributed by atoms with Gasteiger partial charge in [0.2, 0.25) is 5.88 Å². The summed E-state index contributed by atoms with van der Waals surface area (Å²) < 4.78 is 2.27. The molecular formula is C11H6IN3O2S2. The predicted octanol–water partition coefficient (Wildman–Crippen LogP) is 0.662. The summed E-state index contributed by atoms with van der Waals surface area (Å²) in [4.78, 5) is 16.3. The molecule has 8 heteroatoms. The van der Waals surface area contributed by atoms with Crippen molar-refractivity contribution in [2.75, 3.05) is 5.84 Å². The number of amides is 1. The molecule has 1 aromatic heterocycles. The average molecular weight is 403 g/mol. The lowest BCUT2D eigenvalue weighted by Gasteiger charge is -1.98. The number of carbonyl (C=O) groups excluding carboxylic acids is 1. The standard InChI is InChI=1S/C11H6IN3O2S2/c12-4-1-2-6-5(3-4)7(9(16)14-6)8-10(17)15(13)11(18)19-8/h1-3,17H,13H2. The van der Waals surface area contributed by atoms with Crippen molar-refractivity contribution in [3.05, 3.63) is 41.2 Å². The minimum atomic E-state index is -0.385. The van der Waals surface area contributed by atoms with Crippen molar-refractivity contribution < 1.29 is 9.90 Å². The van der Waals surface area contributed by atoms with Gasteiger partial charge in [0.1, 0.15) is 4.88 Å². The van der Waals surface area contributed by atoms with E-state index in [4.69, 9.17) is 18.1 Å². The molecule has 0 fully saturated rings. The van der Waals surface area contributed by atoms with Gasteiger partial charge in [-0.2, -0.15) is 0 Å². The summed E-state index contributed by atoms with van der Waals surface area (Å²) in [6, 6.07) is 5.50.